The van der Waals surface area contributed by atoms with Crippen LogP contribution in [0.3, 0.4) is 0 Å². The molecule has 1 aromatic carbocycles. The average molecular weight is 397 g/mol. The second kappa shape index (κ2) is 8.39. The maximum Gasteiger partial charge on any atom is 0.223 e. The van der Waals surface area contributed by atoms with Crippen LogP contribution in [0.4, 0.5) is 5.82 Å². The molecular formula is C20H21ClN6O. The molecule has 1 aliphatic rings. The van der Waals surface area contributed by atoms with E-state index in [0.29, 0.717) is 11.6 Å². The highest BCUT2D eigenvalue weighted by molar-refractivity contribution is 6.30. The molecule has 2 aromatic heterocycles. The lowest BCUT2D eigenvalue weighted by Crippen LogP contribution is -2.40. The zero-order chi connectivity index (χ0) is 19.3. The molecule has 0 spiro atoms. The van der Waals surface area contributed by atoms with Crippen LogP contribution in [-0.2, 0) is 11.3 Å². The van der Waals surface area contributed by atoms with E-state index in [4.69, 9.17) is 11.6 Å². The van der Waals surface area contributed by atoms with Gasteiger partial charge >= 0.3 is 0 Å². The fourth-order valence-corrected chi connectivity index (χ4v) is 3.48. The Balaban J connectivity index is 1.31. The summed E-state index contributed by atoms with van der Waals surface area (Å²) < 4.78 is 1.85. The van der Waals surface area contributed by atoms with E-state index in [-0.39, 0.29) is 11.8 Å². The van der Waals surface area contributed by atoms with Crippen molar-refractivity contribution >= 4 is 23.3 Å². The zero-order valence-corrected chi connectivity index (χ0v) is 16.1. The second-order valence-electron chi connectivity index (χ2n) is 6.81. The molecule has 1 N–H and O–H groups in total. The van der Waals surface area contributed by atoms with Crippen molar-refractivity contribution in [1.82, 2.24) is 24.8 Å². The quantitative estimate of drug-likeness (QED) is 0.717. The van der Waals surface area contributed by atoms with Crippen LogP contribution in [0.5, 0.6) is 0 Å². The van der Waals surface area contributed by atoms with Crippen molar-refractivity contribution in [1.29, 1.82) is 0 Å². The number of rotatable bonds is 5. The van der Waals surface area contributed by atoms with Crippen LogP contribution >= 0.6 is 11.6 Å². The Morgan fingerprint density at radius 2 is 1.89 bits per heavy atom. The van der Waals surface area contributed by atoms with Crippen LogP contribution in [-0.4, -0.2) is 38.5 Å². The van der Waals surface area contributed by atoms with Crippen molar-refractivity contribution in [2.24, 2.45) is 5.92 Å². The van der Waals surface area contributed by atoms with E-state index in [9.17, 15) is 4.79 Å². The molecule has 0 atom stereocenters. The number of anilines is 1. The Kier molecular flexibility index (Phi) is 5.53. The topological polar surface area (TPSA) is 75.9 Å². The molecular weight excluding hydrogens is 376 g/mol. The molecule has 0 bridgehead atoms. The number of carbonyl (C=O) groups excluding carboxylic acids is 1. The Bertz CT molecular complexity index is 920. The van der Waals surface area contributed by atoms with Gasteiger partial charge < -0.3 is 10.2 Å². The number of aromatic nitrogens is 4. The predicted octanol–water partition coefficient (Wildman–Crippen LogP) is 2.85. The third kappa shape index (κ3) is 4.31. The van der Waals surface area contributed by atoms with Crippen molar-refractivity contribution in [2.75, 3.05) is 18.0 Å². The normalized spacial score (nSPS) is 14.8. The molecule has 4 rings (SSSR count). The maximum absolute atomic E-state index is 12.5. The van der Waals surface area contributed by atoms with E-state index in [1.54, 1.807) is 18.9 Å². The number of amides is 1. The Morgan fingerprint density at radius 1 is 1.14 bits per heavy atom. The number of hydrogen-bond donors (Lipinski definition) is 1. The molecule has 7 nitrogen and oxygen atoms in total. The lowest BCUT2D eigenvalue weighted by atomic mass is 9.96. The van der Waals surface area contributed by atoms with Crippen LogP contribution in [0.15, 0.2) is 55.4 Å². The van der Waals surface area contributed by atoms with Gasteiger partial charge in [-0.2, -0.15) is 0 Å². The molecule has 8 heteroatoms. The predicted molar refractivity (Wildman–Crippen MR) is 107 cm³/mol. The third-order valence-corrected chi connectivity index (χ3v) is 5.23. The number of piperidine rings is 1. The average Bonchev–Trinajstić information content (AvgIpc) is 3.28. The van der Waals surface area contributed by atoms with Gasteiger partial charge in [-0.3, -0.25) is 9.36 Å². The molecule has 1 amide bonds. The van der Waals surface area contributed by atoms with E-state index in [1.807, 2.05) is 41.1 Å². The highest BCUT2D eigenvalue weighted by Gasteiger charge is 2.25. The first-order valence-electron chi connectivity index (χ1n) is 9.26. The molecule has 0 radical (unpaired) electrons. The van der Waals surface area contributed by atoms with E-state index < -0.39 is 0 Å². The molecule has 144 valence electrons. The van der Waals surface area contributed by atoms with Crippen molar-refractivity contribution in [3.05, 3.63) is 66.0 Å². The highest BCUT2D eigenvalue weighted by Crippen LogP contribution is 2.23. The summed E-state index contributed by atoms with van der Waals surface area (Å²) in [6.07, 6.45) is 8.45. The summed E-state index contributed by atoms with van der Waals surface area (Å²) in [4.78, 5) is 27.4. The van der Waals surface area contributed by atoms with Gasteiger partial charge in [-0.25, -0.2) is 15.0 Å². The first kappa shape index (κ1) is 18.4. The number of halogens is 1. The Hall–Kier alpha value is -2.93. The monoisotopic (exact) mass is 396 g/mol. The maximum atomic E-state index is 12.5. The summed E-state index contributed by atoms with van der Waals surface area (Å²) in [7, 11) is 0. The fourth-order valence-electron chi connectivity index (χ4n) is 3.35. The van der Waals surface area contributed by atoms with Gasteiger partial charge in [0.15, 0.2) is 0 Å². The lowest BCUT2D eigenvalue weighted by Gasteiger charge is -2.32. The molecule has 0 unspecified atom stereocenters. The minimum absolute atomic E-state index is 0.0264. The molecule has 1 saturated heterocycles. The van der Waals surface area contributed by atoms with Gasteiger partial charge in [0.2, 0.25) is 5.91 Å². The lowest BCUT2D eigenvalue weighted by molar-refractivity contribution is -0.125. The van der Waals surface area contributed by atoms with E-state index >= 15 is 0 Å². The van der Waals surface area contributed by atoms with Crippen molar-refractivity contribution in [3.63, 3.8) is 0 Å². The molecule has 0 saturated carbocycles. The van der Waals surface area contributed by atoms with Gasteiger partial charge in [-0.15, -0.1) is 0 Å². The van der Waals surface area contributed by atoms with Gasteiger partial charge in [-0.05, 0) is 30.5 Å². The van der Waals surface area contributed by atoms with Gasteiger partial charge in [0.05, 0.1) is 0 Å². The minimum Gasteiger partial charge on any atom is -0.356 e. The Labute approximate surface area is 168 Å². The standard InChI is InChI=1S/C20H21ClN6O/c21-17-3-1-15(2-4-17)12-23-20(28)16-5-8-26(9-6-16)18-11-19(25-13-24-18)27-10-7-22-14-27/h1-4,7,10-11,13-14,16H,5-6,8-9,12H2,(H,23,28). The molecule has 1 aliphatic heterocycles. The number of hydrogen-bond acceptors (Lipinski definition) is 5. The highest BCUT2D eigenvalue weighted by atomic mass is 35.5. The van der Waals surface area contributed by atoms with E-state index in [1.165, 1.54) is 0 Å². The van der Waals surface area contributed by atoms with Gasteiger partial charge in [0.25, 0.3) is 0 Å². The Morgan fingerprint density at radius 3 is 2.61 bits per heavy atom. The summed E-state index contributed by atoms with van der Waals surface area (Å²) in [6.45, 7) is 2.11. The molecule has 3 aromatic rings. The van der Waals surface area contributed by atoms with Crippen LogP contribution in [0.2, 0.25) is 5.02 Å². The number of benzene rings is 1. The van der Waals surface area contributed by atoms with E-state index in [2.05, 4.69) is 25.2 Å². The van der Waals surface area contributed by atoms with Gasteiger partial charge in [0, 0.05) is 49.0 Å². The van der Waals surface area contributed by atoms with Crippen molar-refractivity contribution in [3.8, 4) is 5.82 Å². The summed E-state index contributed by atoms with van der Waals surface area (Å²) in [5.74, 6) is 1.79. The number of carbonyl (C=O) groups is 1. The van der Waals surface area contributed by atoms with E-state index in [0.717, 1.165) is 43.1 Å². The SMILES string of the molecule is O=C(NCc1ccc(Cl)cc1)C1CCN(c2cc(-n3ccnc3)ncn2)CC1. The molecule has 0 aliphatic carbocycles. The number of nitrogens with one attached hydrogen (secondary N) is 1. The summed E-state index contributed by atoms with van der Waals surface area (Å²) in [6, 6.07) is 9.47. The zero-order valence-electron chi connectivity index (χ0n) is 15.3. The molecule has 1 fully saturated rings. The molecule has 28 heavy (non-hydrogen) atoms. The molecule has 3 heterocycles. The fraction of sp³-hybridized carbons (Fsp3) is 0.300. The van der Waals surface area contributed by atoms with Crippen molar-refractivity contribution in [2.45, 2.75) is 19.4 Å². The summed E-state index contributed by atoms with van der Waals surface area (Å²) >= 11 is 5.89. The van der Waals surface area contributed by atoms with Crippen LogP contribution in [0, 0.1) is 5.92 Å². The second-order valence-corrected chi connectivity index (χ2v) is 7.25. The first-order chi connectivity index (χ1) is 13.7. The largest absolute Gasteiger partial charge is 0.356 e. The minimum atomic E-state index is 0.0264. The summed E-state index contributed by atoms with van der Waals surface area (Å²) in [5.41, 5.74) is 1.04. The number of imidazole rings is 1. The van der Waals surface area contributed by atoms with Gasteiger partial charge in [-0.1, -0.05) is 23.7 Å². The third-order valence-electron chi connectivity index (χ3n) is 4.98. The van der Waals surface area contributed by atoms with Crippen LogP contribution < -0.4 is 10.2 Å². The van der Waals surface area contributed by atoms with Crippen LogP contribution in [0.1, 0.15) is 18.4 Å². The smallest absolute Gasteiger partial charge is 0.223 e. The summed E-state index contributed by atoms with van der Waals surface area (Å²) in [5, 5.41) is 3.73. The van der Waals surface area contributed by atoms with Crippen molar-refractivity contribution < 1.29 is 4.79 Å². The van der Waals surface area contributed by atoms with Gasteiger partial charge in [0.1, 0.15) is 24.3 Å². The van der Waals surface area contributed by atoms with Crippen LogP contribution in [0.25, 0.3) is 5.82 Å². The number of nitrogens with zero attached hydrogens (tertiary/aromatic N) is 5. The first-order valence-corrected chi connectivity index (χ1v) is 9.64.